The van der Waals surface area contributed by atoms with E-state index in [-0.39, 0.29) is 29.5 Å². The van der Waals surface area contributed by atoms with Crippen LogP contribution in [0.1, 0.15) is 17.4 Å². The normalized spacial score (nSPS) is 10.8. The second kappa shape index (κ2) is 7.84. The molecule has 9 nitrogen and oxygen atoms in total. The van der Waals surface area contributed by atoms with Crippen LogP contribution in [0.5, 0.6) is 0 Å². The lowest BCUT2D eigenvalue weighted by Crippen LogP contribution is -2.14. The molecule has 0 fully saturated rings. The zero-order chi connectivity index (χ0) is 21.3. The van der Waals surface area contributed by atoms with Gasteiger partial charge in [-0.2, -0.15) is 4.98 Å². The second-order valence-corrected chi connectivity index (χ2v) is 7.59. The van der Waals surface area contributed by atoms with Gasteiger partial charge in [-0.1, -0.05) is 12.1 Å². The number of fused-ring (bicyclic) bond motifs is 1. The predicted octanol–water partition coefficient (Wildman–Crippen LogP) is 2.34. The first-order valence-corrected chi connectivity index (χ1v) is 9.71. The number of nitrogen functional groups attached to an aromatic ring is 1. The van der Waals surface area contributed by atoms with Gasteiger partial charge in [0.1, 0.15) is 16.2 Å². The van der Waals surface area contributed by atoms with E-state index in [0.717, 1.165) is 10.4 Å². The number of benzene rings is 1. The van der Waals surface area contributed by atoms with Crippen molar-refractivity contribution in [2.75, 3.05) is 11.1 Å². The monoisotopic (exact) mass is 420 g/mol. The molecule has 3 aromatic heterocycles. The van der Waals surface area contributed by atoms with Crippen LogP contribution in [0.25, 0.3) is 20.7 Å². The summed E-state index contributed by atoms with van der Waals surface area (Å²) in [5.41, 5.74) is 7.47. The zero-order valence-corrected chi connectivity index (χ0v) is 16.6. The number of hydrogen-bond acceptors (Lipinski definition) is 8. The Labute approximate surface area is 174 Å². The number of Topliss-reactive ketones (excluding diaryl/α,β-unsaturated/α-hetero) is 1. The third-order valence-corrected chi connectivity index (χ3v) is 5.42. The minimum absolute atomic E-state index is 0.0250. The van der Waals surface area contributed by atoms with Gasteiger partial charge in [-0.25, -0.2) is 9.97 Å². The average molecular weight is 420 g/mol. The van der Waals surface area contributed by atoms with Gasteiger partial charge in [0.25, 0.3) is 11.5 Å². The highest BCUT2D eigenvalue weighted by Crippen LogP contribution is 2.32. The summed E-state index contributed by atoms with van der Waals surface area (Å²) < 4.78 is 2.16. The van der Waals surface area contributed by atoms with Crippen molar-refractivity contribution in [1.82, 2.24) is 19.5 Å². The second-order valence-electron chi connectivity index (χ2n) is 6.54. The molecule has 30 heavy (non-hydrogen) atoms. The summed E-state index contributed by atoms with van der Waals surface area (Å²) in [6.45, 7) is 1.64. The highest BCUT2D eigenvalue weighted by atomic mass is 32.1. The van der Waals surface area contributed by atoms with Crippen LogP contribution in [0.4, 0.5) is 11.6 Å². The molecular formula is C20H16N6O3S. The number of nitrogens with one attached hydrogen (secondary N) is 1. The number of carbonyl (C=O) groups excluding carboxylic acids is 2. The van der Waals surface area contributed by atoms with Crippen molar-refractivity contribution < 1.29 is 9.59 Å². The van der Waals surface area contributed by atoms with Crippen LogP contribution >= 0.6 is 11.3 Å². The van der Waals surface area contributed by atoms with E-state index in [4.69, 9.17) is 5.73 Å². The average Bonchev–Trinajstić information content (AvgIpc) is 3.17. The Bertz CT molecular complexity index is 1330. The molecule has 4 aromatic rings. The maximum atomic E-state index is 12.3. The minimum atomic E-state index is -0.397. The van der Waals surface area contributed by atoms with Crippen LogP contribution in [0.3, 0.4) is 0 Å². The van der Waals surface area contributed by atoms with Gasteiger partial charge in [0.15, 0.2) is 0 Å². The summed E-state index contributed by atoms with van der Waals surface area (Å²) in [5, 5.41) is 2.75. The van der Waals surface area contributed by atoms with Crippen LogP contribution in [-0.4, -0.2) is 31.2 Å². The Hall–Kier alpha value is -3.92. The van der Waals surface area contributed by atoms with Gasteiger partial charge >= 0.3 is 0 Å². The van der Waals surface area contributed by atoms with Gasteiger partial charge in [0, 0.05) is 16.8 Å². The van der Waals surface area contributed by atoms with E-state index >= 15 is 0 Å². The summed E-state index contributed by atoms with van der Waals surface area (Å²) in [7, 11) is 0. The van der Waals surface area contributed by atoms with Crippen molar-refractivity contribution in [2.45, 2.75) is 13.5 Å². The van der Waals surface area contributed by atoms with Crippen molar-refractivity contribution in [1.29, 1.82) is 0 Å². The molecule has 0 saturated carbocycles. The van der Waals surface area contributed by atoms with Gasteiger partial charge in [-0.05, 0) is 36.8 Å². The molecular weight excluding hydrogens is 404 g/mol. The molecule has 0 unspecified atom stereocenters. The number of nitrogens with two attached hydrogens (primary N) is 1. The van der Waals surface area contributed by atoms with E-state index in [0.29, 0.717) is 15.9 Å². The Morgan fingerprint density at radius 2 is 1.93 bits per heavy atom. The van der Waals surface area contributed by atoms with Crippen molar-refractivity contribution in [3.8, 4) is 10.4 Å². The predicted molar refractivity (Wildman–Crippen MR) is 114 cm³/mol. The molecule has 4 rings (SSSR count). The van der Waals surface area contributed by atoms with Crippen molar-refractivity contribution in [2.24, 2.45) is 0 Å². The lowest BCUT2D eigenvalue weighted by molar-refractivity contribution is -0.117. The summed E-state index contributed by atoms with van der Waals surface area (Å²) >= 11 is 1.31. The van der Waals surface area contributed by atoms with Gasteiger partial charge in [0.2, 0.25) is 5.95 Å². The molecule has 0 atom stereocenters. The van der Waals surface area contributed by atoms with E-state index in [9.17, 15) is 14.4 Å². The molecule has 0 bridgehead atoms. The number of hydrogen-bond donors (Lipinski definition) is 2. The number of anilines is 2. The Morgan fingerprint density at radius 1 is 1.17 bits per heavy atom. The number of aromatic nitrogens is 4. The van der Waals surface area contributed by atoms with Crippen molar-refractivity contribution in [3.63, 3.8) is 0 Å². The fourth-order valence-corrected chi connectivity index (χ4v) is 3.98. The van der Waals surface area contributed by atoms with Crippen LogP contribution in [0.2, 0.25) is 0 Å². The molecule has 3 heterocycles. The molecule has 0 saturated heterocycles. The molecule has 0 aliphatic heterocycles. The Morgan fingerprint density at radius 3 is 2.63 bits per heavy atom. The number of rotatable bonds is 5. The molecule has 3 N–H and O–H groups in total. The van der Waals surface area contributed by atoms with Crippen LogP contribution in [0, 0.1) is 0 Å². The van der Waals surface area contributed by atoms with E-state index in [1.54, 1.807) is 16.7 Å². The largest absolute Gasteiger partial charge is 0.368 e. The lowest BCUT2D eigenvalue weighted by atomic mass is 10.1. The molecule has 0 aliphatic carbocycles. The van der Waals surface area contributed by atoms with Crippen LogP contribution in [-0.2, 0) is 11.3 Å². The number of carbonyl (C=O) groups is 2. The van der Waals surface area contributed by atoms with Crippen molar-refractivity contribution >= 4 is 44.9 Å². The molecule has 1 aromatic carbocycles. The molecule has 1 amide bonds. The summed E-state index contributed by atoms with van der Waals surface area (Å²) in [6, 6.07) is 10.5. The van der Waals surface area contributed by atoms with Crippen molar-refractivity contribution in [3.05, 3.63) is 65.0 Å². The standard InChI is InChI=1S/C20H16N6O3S/c1-11(27)9-26-10-23-19(29)17-15(26)8-16(30-17)12-2-4-13(5-3-12)24-18(28)14-6-7-22-20(21)25-14/h2-8,10H,9H2,1H3,(H,24,28)(H2,21,22,25). The zero-order valence-electron chi connectivity index (χ0n) is 15.8. The van der Waals surface area contributed by atoms with E-state index < -0.39 is 5.91 Å². The molecule has 0 radical (unpaired) electrons. The molecule has 150 valence electrons. The van der Waals surface area contributed by atoms with Gasteiger partial charge < -0.3 is 15.6 Å². The Balaban J connectivity index is 1.60. The quantitative estimate of drug-likeness (QED) is 0.506. The molecule has 0 spiro atoms. The van der Waals surface area contributed by atoms with Crippen LogP contribution in [0.15, 0.2) is 53.7 Å². The smallest absolute Gasteiger partial charge is 0.290 e. The van der Waals surface area contributed by atoms with E-state index in [2.05, 4.69) is 20.3 Å². The minimum Gasteiger partial charge on any atom is -0.368 e. The maximum absolute atomic E-state index is 12.3. The van der Waals surface area contributed by atoms with Gasteiger partial charge in [-0.3, -0.25) is 14.4 Å². The summed E-state index contributed by atoms with van der Waals surface area (Å²) in [5.74, 6) is -0.400. The number of amides is 1. The number of nitrogens with zero attached hydrogens (tertiary/aromatic N) is 4. The third-order valence-electron chi connectivity index (χ3n) is 4.26. The molecule has 10 heteroatoms. The van der Waals surface area contributed by atoms with E-state index in [1.165, 1.54) is 36.9 Å². The first kappa shape index (κ1) is 19.4. The summed E-state index contributed by atoms with van der Waals surface area (Å²) in [4.78, 5) is 48.3. The van der Waals surface area contributed by atoms with E-state index in [1.807, 2.05) is 18.2 Å². The third kappa shape index (κ3) is 3.94. The van der Waals surface area contributed by atoms with Gasteiger partial charge in [0.05, 0.1) is 18.4 Å². The first-order valence-electron chi connectivity index (χ1n) is 8.89. The van der Waals surface area contributed by atoms with Crippen LogP contribution < -0.4 is 16.6 Å². The van der Waals surface area contributed by atoms with Gasteiger partial charge in [-0.15, -0.1) is 11.3 Å². The fraction of sp³-hybridized carbons (Fsp3) is 0.100. The first-order chi connectivity index (χ1) is 14.4. The molecule has 0 aliphatic rings. The lowest BCUT2D eigenvalue weighted by Gasteiger charge is -2.06. The Kier molecular flexibility index (Phi) is 5.07. The number of ketones is 1. The highest BCUT2D eigenvalue weighted by Gasteiger charge is 2.13. The highest BCUT2D eigenvalue weighted by molar-refractivity contribution is 7.22. The number of thiophene rings is 1. The fourth-order valence-electron chi connectivity index (χ4n) is 2.91. The maximum Gasteiger partial charge on any atom is 0.290 e. The SMILES string of the molecule is CC(=O)Cn1cnc(=O)c2sc(-c3ccc(NC(=O)c4ccnc(N)n4)cc3)cc21. The topological polar surface area (TPSA) is 133 Å². The summed E-state index contributed by atoms with van der Waals surface area (Å²) in [6.07, 6.45) is 2.81.